The van der Waals surface area contributed by atoms with Gasteiger partial charge in [-0.15, -0.1) is 11.8 Å². The van der Waals surface area contributed by atoms with Gasteiger partial charge in [0.1, 0.15) is 0 Å². The summed E-state index contributed by atoms with van der Waals surface area (Å²) in [6, 6.07) is 9.80. The molecule has 2 nitrogen and oxygen atoms in total. The number of hydrogen-bond donors (Lipinski definition) is 1. The van der Waals surface area contributed by atoms with Gasteiger partial charge in [0.15, 0.2) is 0 Å². The van der Waals surface area contributed by atoms with Crippen LogP contribution in [-0.4, -0.2) is 16.8 Å². The average molecular weight is 290 g/mol. The van der Waals surface area contributed by atoms with E-state index in [0.717, 1.165) is 11.1 Å². The molecule has 0 saturated carbocycles. The summed E-state index contributed by atoms with van der Waals surface area (Å²) in [5.74, 6) is -0.759. The molecule has 1 N–H and O–H groups in total. The van der Waals surface area contributed by atoms with Crippen LogP contribution in [0.15, 0.2) is 67.3 Å². The van der Waals surface area contributed by atoms with Crippen molar-refractivity contribution in [3.63, 3.8) is 0 Å². The molecule has 3 heteroatoms. The molecule has 20 heavy (non-hydrogen) atoms. The van der Waals surface area contributed by atoms with Gasteiger partial charge in [-0.25, -0.2) is 0 Å². The van der Waals surface area contributed by atoms with Crippen molar-refractivity contribution < 1.29 is 9.90 Å². The minimum Gasteiger partial charge on any atom is -0.481 e. The van der Waals surface area contributed by atoms with Crippen molar-refractivity contribution >= 4 is 17.7 Å². The zero-order chi connectivity index (χ0) is 15.4. The van der Waals surface area contributed by atoms with Crippen molar-refractivity contribution in [1.82, 2.24) is 0 Å². The second-order valence-corrected chi connectivity index (χ2v) is 4.70. The summed E-state index contributed by atoms with van der Waals surface area (Å²) in [5, 5.41) is 8.78. The molecule has 1 rings (SSSR count). The molecule has 0 aliphatic heterocycles. The first-order valence-corrected chi connectivity index (χ1v) is 7.57. The first-order valence-electron chi connectivity index (χ1n) is 6.52. The Hall–Kier alpha value is -1.74. The SMILES string of the molecule is C=C/C=C(\C=C)C(SCC(=O)O)c1ccccc1.CC. The van der Waals surface area contributed by atoms with E-state index in [1.165, 1.54) is 11.8 Å². The highest BCUT2D eigenvalue weighted by atomic mass is 32.2. The topological polar surface area (TPSA) is 37.3 Å². The minimum atomic E-state index is -0.817. The van der Waals surface area contributed by atoms with Gasteiger partial charge in [-0.3, -0.25) is 4.79 Å². The largest absolute Gasteiger partial charge is 0.481 e. The smallest absolute Gasteiger partial charge is 0.313 e. The number of thioether (sulfide) groups is 1. The lowest BCUT2D eigenvalue weighted by Crippen LogP contribution is -2.04. The summed E-state index contributed by atoms with van der Waals surface area (Å²) in [6.07, 6.45) is 5.29. The first-order chi connectivity index (χ1) is 9.69. The fraction of sp³-hybridized carbons (Fsp3) is 0.235. The molecule has 0 aromatic heterocycles. The van der Waals surface area contributed by atoms with Gasteiger partial charge in [0.2, 0.25) is 0 Å². The van der Waals surface area contributed by atoms with E-state index in [2.05, 4.69) is 13.2 Å². The van der Waals surface area contributed by atoms with E-state index >= 15 is 0 Å². The lowest BCUT2D eigenvalue weighted by Gasteiger charge is -2.17. The summed E-state index contributed by atoms with van der Waals surface area (Å²) < 4.78 is 0. The van der Waals surface area contributed by atoms with Crippen molar-refractivity contribution in [1.29, 1.82) is 0 Å². The lowest BCUT2D eigenvalue weighted by molar-refractivity contribution is -0.133. The molecule has 1 unspecified atom stereocenters. The van der Waals surface area contributed by atoms with Crippen LogP contribution < -0.4 is 0 Å². The van der Waals surface area contributed by atoms with Crippen LogP contribution in [-0.2, 0) is 4.79 Å². The predicted molar refractivity (Wildman–Crippen MR) is 89.1 cm³/mol. The number of hydrogen-bond acceptors (Lipinski definition) is 2. The fourth-order valence-corrected chi connectivity index (χ4v) is 2.59. The van der Waals surface area contributed by atoms with Crippen LogP contribution in [0.1, 0.15) is 24.7 Å². The highest BCUT2D eigenvalue weighted by Crippen LogP contribution is 2.36. The number of carboxylic acid groups (broad SMARTS) is 1. The number of benzene rings is 1. The maximum atomic E-state index is 10.7. The fourth-order valence-electron chi connectivity index (χ4n) is 1.57. The summed E-state index contributed by atoms with van der Waals surface area (Å²) in [4.78, 5) is 10.7. The number of rotatable bonds is 7. The van der Waals surface area contributed by atoms with Crippen LogP contribution in [0.2, 0.25) is 0 Å². The number of aliphatic carboxylic acids is 1. The van der Waals surface area contributed by atoms with Gasteiger partial charge in [-0.05, 0) is 11.1 Å². The third-order valence-electron chi connectivity index (χ3n) is 2.32. The average Bonchev–Trinajstić information content (AvgIpc) is 2.49. The third kappa shape index (κ3) is 6.43. The van der Waals surface area contributed by atoms with Gasteiger partial charge in [0.05, 0.1) is 11.0 Å². The second kappa shape index (κ2) is 11.1. The molecule has 0 saturated heterocycles. The summed E-state index contributed by atoms with van der Waals surface area (Å²) in [5.41, 5.74) is 2.03. The van der Waals surface area contributed by atoms with Crippen molar-refractivity contribution in [2.75, 3.05) is 5.75 Å². The molecule has 0 aliphatic rings. The Balaban J connectivity index is 0.00000172. The molecular formula is C17H22O2S. The van der Waals surface area contributed by atoms with E-state index in [1.54, 1.807) is 12.2 Å². The molecule has 108 valence electrons. The highest BCUT2D eigenvalue weighted by Gasteiger charge is 2.16. The summed E-state index contributed by atoms with van der Waals surface area (Å²) >= 11 is 1.37. The normalized spacial score (nSPS) is 11.8. The van der Waals surface area contributed by atoms with Crippen LogP contribution in [0.5, 0.6) is 0 Å². The molecular weight excluding hydrogens is 268 g/mol. The molecule has 0 bridgehead atoms. The Morgan fingerprint density at radius 2 is 1.90 bits per heavy atom. The monoisotopic (exact) mass is 290 g/mol. The van der Waals surface area contributed by atoms with E-state index in [-0.39, 0.29) is 11.0 Å². The van der Waals surface area contributed by atoms with E-state index in [0.29, 0.717) is 0 Å². The summed E-state index contributed by atoms with van der Waals surface area (Å²) in [7, 11) is 0. The Kier molecular flexibility index (Phi) is 10.2. The molecule has 1 aromatic rings. The predicted octanol–water partition coefficient (Wildman–Crippen LogP) is 4.87. The van der Waals surface area contributed by atoms with Crippen molar-refractivity contribution in [3.8, 4) is 0 Å². The quantitative estimate of drug-likeness (QED) is 0.728. The van der Waals surface area contributed by atoms with E-state index < -0.39 is 5.97 Å². The van der Waals surface area contributed by atoms with Crippen LogP contribution in [0.4, 0.5) is 0 Å². The third-order valence-corrected chi connectivity index (χ3v) is 3.62. The molecule has 1 atom stereocenters. The van der Waals surface area contributed by atoms with Crippen molar-refractivity contribution in [3.05, 3.63) is 72.9 Å². The van der Waals surface area contributed by atoms with Gasteiger partial charge >= 0.3 is 5.97 Å². The van der Waals surface area contributed by atoms with Gasteiger partial charge in [0.25, 0.3) is 0 Å². The molecule has 0 aliphatic carbocycles. The van der Waals surface area contributed by atoms with Gasteiger partial charge in [0, 0.05) is 0 Å². The molecule has 1 aromatic carbocycles. The molecule has 0 heterocycles. The van der Waals surface area contributed by atoms with Crippen LogP contribution in [0.3, 0.4) is 0 Å². The Morgan fingerprint density at radius 3 is 2.35 bits per heavy atom. The Bertz CT molecular complexity index is 449. The molecule has 0 radical (unpaired) electrons. The molecule has 0 amide bonds. The van der Waals surface area contributed by atoms with Gasteiger partial charge < -0.3 is 5.11 Å². The van der Waals surface area contributed by atoms with Gasteiger partial charge in [-0.1, -0.05) is 75.6 Å². The van der Waals surface area contributed by atoms with Crippen molar-refractivity contribution in [2.45, 2.75) is 19.1 Å². The second-order valence-electron chi connectivity index (χ2n) is 3.60. The molecule has 0 fully saturated rings. The highest BCUT2D eigenvalue weighted by molar-refractivity contribution is 8.00. The first kappa shape index (κ1) is 18.3. The van der Waals surface area contributed by atoms with Crippen molar-refractivity contribution in [2.24, 2.45) is 0 Å². The number of carbonyl (C=O) groups is 1. The minimum absolute atomic E-state index is 0.0298. The maximum absolute atomic E-state index is 10.7. The lowest BCUT2D eigenvalue weighted by atomic mass is 10.0. The van der Waals surface area contributed by atoms with E-state index in [4.69, 9.17) is 5.11 Å². The van der Waals surface area contributed by atoms with Crippen LogP contribution >= 0.6 is 11.8 Å². The zero-order valence-corrected chi connectivity index (χ0v) is 12.9. The van der Waals surface area contributed by atoms with E-state index in [9.17, 15) is 4.79 Å². The Labute approximate surface area is 125 Å². The van der Waals surface area contributed by atoms with Crippen LogP contribution in [0.25, 0.3) is 0 Å². The maximum Gasteiger partial charge on any atom is 0.313 e. The Morgan fingerprint density at radius 1 is 1.30 bits per heavy atom. The van der Waals surface area contributed by atoms with Crippen LogP contribution in [0, 0.1) is 0 Å². The number of carboxylic acids is 1. The zero-order valence-electron chi connectivity index (χ0n) is 12.1. The standard InChI is InChI=1S/C15H16O2S.C2H6/c1-3-8-12(4-2)15(18-11-14(16)17)13-9-6-5-7-10-13;1-2/h3-10,15H,1-2,11H2,(H,16,17);1-2H3/b12-8+;. The molecule has 0 spiro atoms. The van der Waals surface area contributed by atoms with E-state index in [1.807, 2.05) is 50.3 Å². The number of allylic oxidation sites excluding steroid dienone is 3. The summed E-state index contributed by atoms with van der Waals surface area (Å²) in [6.45, 7) is 11.4. The van der Waals surface area contributed by atoms with Gasteiger partial charge in [-0.2, -0.15) is 0 Å².